The van der Waals surface area contributed by atoms with Crippen LogP contribution in [-0.4, -0.2) is 23.9 Å². The van der Waals surface area contributed by atoms with Crippen LogP contribution >= 0.6 is 23.1 Å². The highest BCUT2D eigenvalue weighted by atomic mass is 35.5. The highest BCUT2D eigenvalue weighted by Gasteiger charge is 2.32. The second-order valence-corrected chi connectivity index (χ2v) is 10.1. The number of hydrogen-bond donors (Lipinski definition) is 1. The lowest BCUT2D eigenvalue weighted by Crippen LogP contribution is -2.11. The van der Waals surface area contributed by atoms with Gasteiger partial charge in [0.05, 0.1) is 32.5 Å². The number of rotatable bonds is 6. The SMILES string of the molecule is N#Cc1cc(CS(=O)(=O)c2cc(C(=O)O)ccc2C2CC2)c(-c2ccsn2)cc1Cl. The van der Waals surface area contributed by atoms with Crippen LogP contribution in [0.4, 0.5) is 0 Å². The fraction of sp³-hybridized carbons (Fsp3) is 0.190. The summed E-state index contributed by atoms with van der Waals surface area (Å²) in [5, 5.41) is 20.6. The maximum absolute atomic E-state index is 13.4. The maximum Gasteiger partial charge on any atom is 0.335 e. The van der Waals surface area contributed by atoms with Crippen molar-refractivity contribution in [1.29, 1.82) is 5.26 Å². The van der Waals surface area contributed by atoms with Gasteiger partial charge in [0.1, 0.15) is 6.07 Å². The minimum absolute atomic E-state index is 0.0302. The lowest BCUT2D eigenvalue weighted by Gasteiger charge is -2.14. The van der Waals surface area contributed by atoms with Crippen molar-refractivity contribution in [2.75, 3.05) is 0 Å². The second-order valence-electron chi connectivity index (χ2n) is 7.08. The molecule has 1 saturated carbocycles. The number of sulfone groups is 1. The van der Waals surface area contributed by atoms with Crippen LogP contribution < -0.4 is 0 Å². The molecule has 1 fully saturated rings. The van der Waals surface area contributed by atoms with Gasteiger partial charge < -0.3 is 5.11 Å². The molecule has 0 unspecified atom stereocenters. The number of hydrogen-bond acceptors (Lipinski definition) is 6. The van der Waals surface area contributed by atoms with Gasteiger partial charge in [-0.2, -0.15) is 9.64 Å². The minimum Gasteiger partial charge on any atom is -0.478 e. The van der Waals surface area contributed by atoms with Crippen LogP contribution in [0.3, 0.4) is 0 Å². The van der Waals surface area contributed by atoms with Gasteiger partial charge in [-0.05, 0) is 71.8 Å². The molecule has 0 bridgehead atoms. The van der Waals surface area contributed by atoms with Gasteiger partial charge in [-0.25, -0.2) is 13.2 Å². The third kappa shape index (κ3) is 3.97. The molecular weight excluding hydrogens is 444 g/mol. The molecule has 0 saturated heterocycles. The van der Waals surface area contributed by atoms with E-state index in [1.807, 2.05) is 6.07 Å². The van der Waals surface area contributed by atoms with Crippen LogP contribution in [0.25, 0.3) is 11.3 Å². The molecule has 2 aromatic carbocycles. The lowest BCUT2D eigenvalue weighted by molar-refractivity contribution is 0.0696. The number of carboxylic acid groups (broad SMARTS) is 1. The summed E-state index contributed by atoms with van der Waals surface area (Å²) in [6.45, 7) is 0. The van der Waals surface area contributed by atoms with Gasteiger partial charge in [-0.1, -0.05) is 17.7 Å². The minimum atomic E-state index is -3.90. The first kappa shape index (κ1) is 20.5. The predicted molar refractivity (Wildman–Crippen MR) is 114 cm³/mol. The van der Waals surface area contributed by atoms with Crippen molar-refractivity contribution < 1.29 is 18.3 Å². The van der Waals surface area contributed by atoms with Gasteiger partial charge >= 0.3 is 5.97 Å². The fourth-order valence-electron chi connectivity index (χ4n) is 3.36. The molecule has 1 aromatic heterocycles. The highest BCUT2D eigenvalue weighted by Crippen LogP contribution is 2.44. The lowest BCUT2D eigenvalue weighted by atomic mass is 10.0. The molecule has 0 atom stereocenters. The Balaban J connectivity index is 1.84. The largest absolute Gasteiger partial charge is 0.478 e. The van der Waals surface area contributed by atoms with Crippen molar-refractivity contribution in [3.63, 3.8) is 0 Å². The zero-order valence-electron chi connectivity index (χ0n) is 15.5. The molecule has 0 spiro atoms. The Hall–Kier alpha value is -2.73. The Bertz CT molecular complexity index is 1290. The summed E-state index contributed by atoms with van der Waals surface area (Å²) in [4.78, 5) is 11.4. The van der Waals surface area contributed by atoms with E-state index in [9.17, 15) is 23.6 Å². The van der Waals surface area contributed by atoms with Crippen LogP contribution in [0.15, 0.2) is 46.7 Å². The van der Waals surface area contributed by atoms with Crippen molar-refractivity contribution in [3.8, 4) is 17.3 Å². The number of nitrogens with zero attached hydrogens (tertiary/aromatic N) is 2. The van der Waals surface area contributed by atoms with Crippen LogP contribution in [0, 0.1) is 11.3 Å². The Labute approximate surface area is 182 Å². The van der Waals surface area contributed by atoms with Crippen molar-refractivity contribution >= 4 is 38.9 Å². The Morgan fingerprint density at radius 3 is 2.63 bits per heavy atom. The molecule has 1 heterocycles. The van der Waals surface area contributed by atoms with Gasteiger partial charge in [0.2, 0.25) is 0 Å². The van der Waals surface area contributed by atoms with Gasteiger partial charge in [-0.3, -0.25) is 0 Å². The van der Waals surface area contributed by atoms with Crippen molar-refractivity contribution in [1.82, 2.24) is 4.37 Å². The summed E-state index contributed by atoms with van der Waals surface area (Å²) < 4.78 is 31.1. The number of carboxylic acids is 1. The first-order chi connectivity index (χ1) is 14.3. The molecule has 0 radical (unpaired) electrons. The molecule has 152 valence electrons. The molecule has 0 aliphatic heterocycles. The van der Waals surface area contributed by atoms with Crippen molar-refractivity contribution in [2.24, 2.45) is 0 Å². The zero-order valence-corrected chi connectivity index (χ0v) is 17.9. The molecule has 9 heteroatoms. The van der Waals surface area contributed by atoms with Gasteiger partial charge in [0.25, 0.3) is 0 Å². The molecule has 30 heavy (non-hydrogen) atoms. The quantitative estimate of drug-likeness (QED) is 0.563. The standard InChI is InChI=1S/C21H15ClN2O4S2/c22-18-9-17(19-5-6-29-24-19)15(7-14(18)10-23)11-30(27,28)20-8-13(21(25)26)3-4-16(20)12-1-2-12/h3-9,12H,1-2,11H2,(H,25,26). The predicted octanol–water partition coefficient (Wildman–Crippen LogP) is 4.88. The highest BCUT2D eigenvalue weighted by molar-refractivity contribution is 7.90. The number of aromatic nitrogens is 1. The van der Waals surface area contributed by atoms with Gasteiger partial charge in [-0.15, -0.1) is 0 Å². The first-order valence-corrected chi connectivity index (χ1v) is 11.9. The third-order valence-electron chi connectivity index (χ3n) is 4.99. The molecule has 4 rings (SSSR count). The number of nitriles is 1. The summed E-state index contributed by atoms with van der Waals surface area (Å²) >= 11 is 7.40. The molecule has 1 aliphatic carbocycles. The zero-order chi connectivity index (χ0) is 21.5. The van der Waals surface area contributed by atoms with Crippen LogP contribution in [0.2, 0.25) is 5.02 Å². The van der Waals surface area contributed by atoms with E-state index in [0.29, 0.717) is 22.4 Å². The molecule has 6 nitrogen and oxygen atoms in total. The summed E-state index contributed by atoms with van der Waals surface area (Å²) in [5.74, 6) is -1.46. The van der Waals surface area contributed by atoms with E-state index in [2.05, 4.69) is 4.37 Å². The van der Waals surface area contributed by atoms with Crippen LogP contribution in [-0.2, 0) is 15.6 Å². The van der Waals surface area contributed by atoms with E-state index in [0.717, 1.165) is 12.8 Å². The Kier molecular flexibility index (Phi) is 5.36. The molecule has 3 aromatic rings. The summed E-state index contributed by atoms with van der Waals surface area (Å²) in [6.07, 6.45) is 1.75. The average molecular weight is 459 g/mol. The molecular formula is C21H15ClN2O4S2. The van der Waals surface area contributed by atoms with Crippen LogP contribution in [0.5, 0.6) is 0 Å². The summed E-state index contributed by atoms with van der Waals surface area (Å²) in [7, 11) is -3.90. The monoisotopic (exact) mass is 458 g/mol. The second kappa shape index (κ2) is 7.84. The molecule has 1 aliphatic rings. The van der Waals surface area contributed by atoms with E-state index in [-0.39, 0.29) is 27.0 Å². The number of aromatic carboxylic acids is 1. The number of halogens is 1. The number of carbonyl (C=O) groups is 1. The first-order valence-electron chi connectivity index (χ1n) is 9.03. The number of benzene rings is 2. The van der Waals surface area contributed by atoms with Crippen molar-refractivity contribution in [2.45, 2.75) is 29.4 Å². The maximum atomic E-state index is 13.4. The Morgan fingerprint density at radius 2 is 2.03 bits per heavy atom. The fourth-order valence-corrected chi connectivity index (χ4v) is 5.80. The van der Waals surface area contributed by atoms with Crippen LogP contribution in [0.1, 0.15) is 45.8 Å². The normalized spacial score (nSPS) is 13.7. The van der Waals surface area contributed by atoms with E-state index < -0.39 is 21.6 Å². The molecule has 0 amide bonds. The Morgan fingerprint density at radius 1 is 1.27 bits per heavy atom. The smallest absolute Gasteiger partial charge is 0.335 e. The van der Waals surface area contributed by atoms with Gasteiger partial charge in [0.15, 0.2) is 9.84 Å². The van der Waals surface area contributed by atoms with E-state index in [1.54, 1.807) is 23.6 Å². The van der Waals surface area contributed by atoms with E-state index in [4.69, 9.17) is 11.6 Å². The molecule has 1 N–H and O–H groups in total. The topological polar surface area (TPSA) is 108 Å². The average Bonchev–Trinajstić information content (AvgIpc) is 3.42. The van der Waals surface area contributed by atoms with Crippen molar-refractivity contribution in [3.05, 3.63) is 69.1 Å². The van der Waals surface area contributed by atoms with E-state index >= 15 is 0 Å². The summed E-state index contributed by atoms with van der Waals surface area (Å²) in [5.41, 5.74) is 2.23. The van der Waals surface area contributed by atoms with E-state index in [1.165, 1.54) is 29.7 Å². The summed E-state index contributed by atoms with van der Waals surface area (Å²) in [6, 6.07) is 11.0. The third-order valence-corrected chi connectivity index (χ3v) is 7.57. The van der Waals surface area contributed by atoms with Gasteiger partial charge in [0, 0.05) is 10.9 Å².